The first-order chi connectivity index (χ1) is 5.99. The number of ether oxygens (including phenoxy) is 1. The number of amides is 1. The first kappa shape index (κ1) is 11.9. The first-order valence-corrected chi connectivity index (χ1v) is 4.41. The van der Waals surface area contributed by atoms with Crippen LogP contribution in [-0.2, 0) is 14.3 Å². The molecule has 0 aromatic heterocycles. The summed E-state index contributed by atoms with van der Waals surface area (Å²) in [4.78, 5) is 23.6. The highest BCUT2D eigenvalue weighted by molar-refractivity contribution is 5.80. The summed E-state index contributed by atoms with van der Waals surface area (Å²) in [6.45, 7) is 7.30. The normalized spacial score (nSPS) is 9.92. The van der Waals surface area contributed by atoms with Gasteiger partial charge in [-0.05, 0) is 20.8 Å². The predicted octanol–water partition coefficient (Wildman–Crippen LogP) is 0.806. The second kappa shape index (κ2) is 5.56. The van der Waals surface area contributed by atoms with Crippen molar-refractivity contribution in [3.05, 3.63) is 0 Å². The van der Waals surface area contributed by atoms with Gasteiger partial charge in [0.1, 0.15) is 6.54 Å². The molecule has 0 aliphatic heterocycles. The molecule has 0 N–H and O–H groups in total. The van der Waals surface area contributed by atoms with E-state index in [0.29, 0.717) is 6.61 Å². The van der Waals surface area contributed by atoms with Crippen LogP contribution in [0.15, 0.2) is 0 Å². The lowest BCUT2D eigenvalue weighted by atomic mass is 10.3. The van der Waals surface area contributed by atoms with Gasteiger partial charge in [-0.3, -0.25) is 9.59 Å². The quantitative estimate of drug-likeness (QED) is 0.612. The standard InChI is InChI=1S/C9H17NO3/c1-5-13-9(12)6-10(7(2)3)8(4)11/h7H,5-6H2,1-4H3. The molecule has 76 valence electrons. The van der Waals surface area contributed by atoms with Crippen molar-refractivity contribution >= 4 is 11.9 Å². The highest BCUT2D eigenvalue weighted by Crippen LogP contribution is 1.98. The number of rotatable bonds is 4. The van der Waals surface area contributed by atoms with Crippen molar-refractivity contribution in [2.75, 3.05) is 13.2 Å². The van der Waals surface area contributed by atoms with Crippen molar-refractivity contribution in [3.8, 4) is 0 Å². The lowest BCUT2D eigenvalue weighted by molar-refractivity contribution is -0.149. The van der Waals surface area contributed by atoms with Crippen molar-refractivity contribution in [3.63, 3.8) is 0 Å². The number of esters is 1. The fourth-order valence-corrected chi connectivity index (χ4v) is 1.00. The van der Waals surface area contributed by atoms with Gasteiger partial charge < -0.3 is 9.64 Å². The molecule has 0 saturated carbocycles. The zero-order valence-electron chi connectivity index (χ0n) is 8.66. The van der Waals surface area contributed by atoms with E-state index in [0.717, 1.165) is 0 Å². The third kappa shape index (κ3) is 4.50. The molecule has 0 spiro atoms. The van der Waals surface area contributed by atoms with Gasteiger partial charge in [-0.2, -0.15) is 0 Å². The highest BCUT2D eigenvalue weighted by atomic mass is 16.5. The van der Waals surface area contributed by atoms with Gasteiger partial charge in [-0.25, -0.2) is 0 Å². The van der Waals surface area contributed by atoms with Crippen LogP contribution in [0.2, 0.25) is 0 Å². The molecule has 4 heteroatoms. The van der Waals surface area contributed by atoms with E-state index < -0.39 is 0 Å². The summed E-state index contributed by atoms with van der Waals surface area (Å²) in [5, 5.41) is 0. The minimum Gasteiger partial charge on any atom is -0.465 e. The van der Waals surface area contributed by atoms with E-state index >= 15 is 0 Å². The van der Waals surface area contributed by atoms with Crippen molar-refractivity contribution in [2.24, 2.45) is 0 Å². The summed E-state index contributed by atoms with van der Waals surface area (Å²) in [5.41, 5.74) is 0. The van der Waals surface area contributed by atoms with E-state index in [2.05, 4.69) is 0 Å². The summed E-state index contributed by atoms with van der Waals surface area (Å²) in [6, 6.07) is 0.0295. The summed E-state index contributed by atoms with van der Waals surface area (Å²) in [7, 11) is 0. The van der Waals surface area contributed by atoms with Crippen molar-refractivity contribution < 1.29 is 14.3 Å². The smallest absolute Gasteiger partial charge is 0.325 e. The van der Waals surface area contributed by atoms with E-state index in [1.165, 1.54) is 11.8 Å². The molecule has 0 aliphatic carbocycles. The molecule has 0 aliphatic rings. The van der Waals surface area contributed by atoms with Crippen LogP contribution in [0.3, 0.4) is 0 Å². The molecule has 0 bridgehead atoms. The summed E-state index contributed by atoms with van der Waals surface area (Å²) < 4.78 is 4.74. The number of hydrogen-bond acceptors (Lipinski definition) is 3. The van der Waals surface area contributed by atoms with E-state index in [9.17, 15) is 9.59 Å². The van der Waals surface area contributed by atoms with Gasteiger partial charge in [0.2, 0.25) is 5.91 Å². The fraction of sp³-hybridized carbons (Fsp3) is 0.778. The van der Waals surface area contributed by atoms with Crippen molar-refractivity contribution in [2.45, 2.75) is 33.7 Å². The lowest BCUT2D eigenvalue weighted by Gasteiger charge is -2.23. The molecule has 0 fully saturated rings. The van der Waals surface area contributed by atoms with Gasteiger partial charge >= 0.3 is 5.97 Å². The second-order valence-electron chi connectivity index (χ2n) is 3.05. The topological polar surface area (TPSA) is 46.6 Å². The van der Waals surface area contributed by atoms with Gasteiger partial charge in [-0.15, -0.1) is 0 Å². The number of carbonyl (C=O) groups excluding carboxylic acids is 2. The number of hydrogen-bond donors (Lipinski definition) is 0. The number of nitrogens with zero attached hydrogens (tertiary/aromatic N) is 1. The van der Waals surface area contributed by atoms with E-state index in [-0.39, 0.29) is 24.5 Å². The molecule has 0 heterocycles. The predicted molar refractivity (Wildman–Crippen MR) is 49.2 cm³/mol. The molecule has 4 nitrogen and oxygen atoms in total. The zero-order chi connectivity index (χ0) is 10.4. The summed E-state index contributed by atoms with van der Waals surface area (Å²) in [6.07, 6.45) is 0. The largest absolute Gasteiger partial charge is 0.465 e. The average Bonchev–Trinajstić information content (AvgIpc) is 1.99. The third-order valence-electron chi connectivity index (χ3n) is 1.63. The van der Waals surface area contributed by atoms with Gasteiger partial charge in [0.25, 0.3) is 0 Å². The second-order valence-corrected chi connectivity index (χ2v) is 3.05. The Balaban J connectivity index is 4.10. The van der Waals surface area contributed by atoms with E-state index in [4.69, 9.17) is 4.74 Å². The Kier molecular flexibility index (Phi) is 5.11. The highest BCUT2D eigenvalue weighted by Gasteiger charge is 2.16. The van der Waals surface area contributed by atoms with Crippen molar-refractivity contribution in [1.29, 1.82) is 0 Å². The maximum absolute atomic E-state index is 11.0. The molecule has 0 saturated heterocycles. The Morgan fingerprint density at radius 3 is 2.23 bits per heavy atom. The van der Waals surface area contributed by atoms with Crippen LogP contribution in [-0.4, -0.2) is 36.0 Å². The molecular formula is C9H17NO3. The van der Waals surface area contributed by atoms with Gasteiger partial charge in [-0.1, -0.05) is 0 Å². The summed E-state index contributed by atoms with van der Waals surface area (Å²) >= 11 is 0. The Morgan fingerprint density at radius 2 is 1.92 bits per heavy atom. The molecule has 0 aromatic carbocycles. The van der Waals surface area contributed by atoms with Crippen LogP contribution in [0, 0.1) is 0 Å². The van der Waals surface area contributed by atoms with Gasteiger partial charge in [0.15, 0.2) is 0 Å². The Bertz CT molecular complexity index is 189. The Labute approximate surface area is 78.9 Å². The maximum atomic E-state index is 11.0. The van der Waals surface area contributed by atoms with Crippen LogP contribution in [0.4, 0.5) is 0 Å². The molecule has 0 aromatic rings. The minimum atomic E-state index is -0.355. The molecule has 1 amide bonds. The molecule has 0 atom stereocenters. The number of carbonyl (C=O) groups is 2. The van der Waals surface area contributed by atoms with Crippen LogP contribution in [0.1, 0.15) is 27.7 Å². The van der Waals surface area contributed by atoms with Crippen LogP contribution in [0.25, 0.3) is 0 Å². The van der Waals surface area contributed by atoms with Crippen LogP contribution >= 0.6 is 0 Å². The first-order valence-electron chi connectivity index (χ1n) is 4.41. The van der Waals surface area contributed by atoms with Crippen molar-refractivity contribution in [1.82, 2.24) is 4.90 Å². The van der Waals surface area contributed by atoms with Gasteiger partial charge in [0, 0.05) is 13.0 Å². The molecule has 0 radical (unpaired) electrons. The van der Waals surface area contributed by atoms with Crippen LogP contribution in [0.5, 0.6) is 0 Å². The molecule has 0 unspecified atom stereocenters. The monoisotopic (exact) mass is 187 g/mol. The third-order valence-corrected chi connectivity index (χ3v) is 1.63. The van der Waals surface area contributed by atoms with Gasteiger partial charge in [0.05, 0.1) is 6.61 Å². The Hall–Kier alpha value is -1.06. The van der Waals surface area contributed by atoms with E-state index in [1.54, 1.807) is 6.92 Å². The SMILES string of the molecule is CCOC(=O)CN(C(C)=O)C(C)C. The maximum Gasteiger partial charge on any atom is 0.325 e. The lowest BCUT2D eigenvalue weighted by Crippen LogP contribution is -2.39. The van der Waals surface area contributed by atoms with Crippen LogP contribution < -0.4 is 0 Å². The van der Waals surface area contributed by atoms with E-state index in [1.807, 2.05) is 13.8 Å². The minimum absolute atomic E-state index is 0.0295. The fourth-order valence-electron chi connectivity index (χ4n) is 1.00. The molecule has 0 rings (SSSR count). The zero-order valence-corrected chi connectivity index (χ0v) is 8.66. The molecule has 13 heavy (non-hydrogen) atoms. The molecular weight excluding hydrogens is 170 g/mol. The Morgan fingerprint density at radius 1 is 1.38 bits per heavy atom. The average molecular weight is 187 g/mol. The summed E-state index contributed by atoms with van der Waals surface area (Å²) in [5.74, 6) is -0.463.